The third-order valence-corrected chi connectivity index (χ3v) is 7.02. The Morgan fingerprint density at radius 3 is 2.49 bits per heavy atom. The summed E-state index contributed by atoms with van der Waals surface area (Å²) >= 11 is 0. The highest BCUT2D eigenvalue weighted by molar-refractivity contribution is 6.00. The molecule has 7 nitrogen and oxygen atoms in total. The molecule has 0 spiro atoms. The molecule has 1 saturated heterocycles. The molecule has 0 radical (unpaired) electrons. The molecule has 1 heterocycles. The molecule has 7 heteroatoms. The van der Waals surface area contributed by atoms with Gasteiger partial charge in [0.2, 0.25) is 5.91 Å². The average Bonchev–Trinajstić information content (AvgIpc) is 3.14. The molecule has 188 valence electrons. The largest absolute Gasteiger partial charge is 0.497 e. The average molecular weight is 480 g/mol. The number of hydrogen-bond donors (Lipinski definition) is 2. The van der Waals surface area contributed by atoms with E-state index in [0.29, 0.717) is 49.9 Å². The van der Waals surface area contributed by atoms with Gasteiger partial charge in [0, 0.05) is 36.8 Å². The van der Waals surface area contributed by atoms with E-state index in [0.717, 1.165) is 30.7 Å². The highest BCUT2D eigenvalue weighted by atomic mass is 16.5. The van der Waals surface area contributed by atoms with Gasteiger partial charge in [-0.2, -0.15) is 0 Å². The summed E-state index contributed by atoms with van der Waals surface area (Å²) in [6.07, 6.45) is 3.69. The van der Waals surface area contributed by atoms with Crippen LogP contribution in [0.1, 0.15) is 49.9 Å². The fourth-order valence-electron chi connectivity index (χ4n) is 5.10. The van der Waals surface area contributed by atoms with Crippen molar-refractivity contribution in [1.82, 2.24) is 10.2 Å². The number of carbonyl (C=O) groups excluding carboxylic acids is 2. The van der Waals surface area contributed by atoms with Gasteiger partial charge in [-0.3, -0.25) is 9.59 Å². The Morgan fingerprint density at radius 1 is 1.09 bits per heavy atom. The summed E-state index contributed by atoms with van der Waals surface area (Å²) in [7, 11) is 1.60. The Hall–Kier alpha value is -3.22. The summed E-state index contributed by atoms with van der Waals surface area (Å²) in [6, 6.07) is 14.9. The zero-order chi connectivity index (χ0) is 24.8. The zero-order valence-corrected chi connectivity index (χ0v) is 21.0. The Balaban J connectivity index is 1.35. The third kappa shape index (κ3) is 5.72. The first-order valence-electron chi connectivity index (χ1n) is 12.6. The number of methoxy groups -OCH3 is 1. The molecule has 2 atom stereocenters. The highest BCUT2D eigenvalue weighted by Crippen LogP contribution is 2.41. The molecule has 1 aliphatic carbocycles. The first-order chi connectivity index (χ1) is 16.9. The first-order valence-corrected chi connectivity index (χ1v) is 12.6. The van der Waals surface area contributed by atoms with Crippen molar-refractivity contribution in [2.75, 3.05) is 38.7 Å². The van der Waals surface area contributed by atoms with Crippen molar-refractivity contribution >= 4 is 17.5 Å². The number of likely N-dealkylation sites (tertiary alicyclic amines) is 1. The second-order valence-electron chi connectivity index (χ2n) is 10.0. The van der Waals surface area contributed by atoms with Gasteiger partial charge in [-0.25, -0.2) is 0 Å². The van der Waals surface area contributed by atoms with E-state index in [1.54, 1.807) is 31.4 Å². The minimum Gasteiger partial charge on any atom is -0.497 e. The Labute approximate surface area is 208 Å². The molecule has 2 unspecified atom stereocenters. The number of benzene rings is 2. The molecule has 2 N–H and O–H groups in total. The monoisotopic (exact) mass is 479 g/mol. The van der Waals surface area contributed by atoms with Crippen LogP contribution in [0, 0.1) is 11.8 Å². The van der Waals surface area contributed by atoms with Crippen molar-refractivity contribution in [1.29, 1.82) is 0 Å². The number of ether oxygens (including phenoxy) is 2. The third-order valence-electron chi connectivity index (χ3n) is 7.02. The van der Waals surface area contributed by atoms with Gasteiger partial charge in [-0.1, -0.05) is 26.7 Å². The van der Waals surface area contributed by atoms with Crippen molar-refractivity contribution in [2.24, 2.45) is 11.8 Å². The molecule has 2 amide bonds. The van der Waals surface area contributed by atoms with Gasteiger partial charge in [0.25, 0.3) is 5.91 Å². The number of hydrogen-bond acceptors (Lipinski definition) is 5. The van der Waals surface area contributed by atoms with E-state index in [1.807, 2.05) is 29.2 Å². The van der Waals surface area contributed by atoms with E-state index < -0.39 is 5.54 Å². The molecule has 2 aromatic rings. The summed E-state index contributed by atoms with van der Waals surface area (Å²) in [5.74, 6) is 2.03. The van der Waals surface area contributed by atoms with E-state index in [2.05, 4.69) is 24.5 Å². The van der Waals surface area contributed by atoms with Gasteiger partial charge < -0.3 is 25.0 Å². The molecule has 2 fully saturated rings. The van der Waals surface area contributed by atoms with E-state index in [1.165, 1.54) is 0 Å². The molecule has 1 saturated carbocycles. The lowest BCUT2D eigenvalue weighted by atomic mass is 9.74. The predicted molar refractivity (Wildman–Crippen MR) is 137 cm³/mol. The van der Waals surface area contributed by atoms with Crippen LogP contribution >= 0.6 is 0 Å². The Kier molecular flexibility index (Phi) is 7.83. The minimum atomic E-state index is -0.801. The number of rotatable bonds is 10. The van der Waals surface area contributed by atoms with Gasteiger partial charge in [-0.15, -0.1) is 0 Å². The maximum absolute atomic E-state index is 13.6. The number of anilines is 1. The molecule has 2 aliphatic rings. The van der Waals surface area contributed by atoms with Crippen LogP contribution in [0.3, 0.4) is 0 Å². The summed E-state index contributed by atoms with van der Waals surface area (Å²) in [5.41, 5.74) is 0.733. The fraction of sp³-hybridized carbons (Fsp3) is 0.500. The lowest BCUT2D eigenvalue weighted by molar-refractivity contribution is -0.134. The van der Waals surface area contributed by atoms with Gasteiger partial charge in [0.1, 0.15) is 17.0 Å². The molecular formula is C28H37N3O4. The van der Waals surface area contributed by atoms with Crippen LogP contribution in [0.4, 0.5) is 5.69 Å². The number of nitrogens with zero attached hydrogens (tertiary/aromatic N) is 1. The van der Waals surface area contributed by atoms with Crippen molar-refractivity contribution in [3.8, 4) is 11.5 Å². The molecule has 2 aromatic carbocycles. The fourth-order valence-corrected chi connectivity index (χ4v) is 5.10. The van der Waals surface area contributed by atoms with E-state index >= 15 is 0 Å². The van der Waals surface area contributed by atoms with Crippen LogP contribution in [-0.4, -0.2) is 55.6 Å². The number of fused-ring (bicyclic) bond motifs is 1. The molecule has 4 rings (SSSR count). The van der Waals surface area contributed by atoms with Crippen molar-refractivity contribution < 1.29 is 19.1 Å². The molecule has 35 heavy (non-hydrogen) atoms. The summed E-state index contributed by atoms with van der Waals surface area (Å²) in [6.45, 7) is 6.88. The topological polar surface area (TPSA) is 79.9 Å². The van der Waals surface area contributed by atoms with Crippen LogP contribution in [0.2, 0.25) is 0 Å². The first kappa shape index (κ1) is 24.9. The molecule has 0 aromatic heterocycles. The maximum Gasteiger partial charge on any atom is 0.252 e. The van der Waals surface area contributed by atoms with Crippen molar-refractivity contribution in [2.45, 2.75) is 45.1 Å². The molecule has 1 aliphatic heterocycles. The van der Waals surface area contributed by atoms with Crippen LogP contribution in [0.25, 0.3) is 0 Å². The van der Waals surface area contributed by atoms with E-state index in [9.17, 15) is 9.59 Å². The molecule has 0 bridgehead atoms. The van der Waals surface area contributed by atoms with Crippen LogP contribution in [0.5, 0.6) is 11.5 Å². The molecular weight excluding hydrogens is 442 g/mol. The summed E-state index contributed by atoms with van der Waals surface area (Å²) < 4.78 is 10.9. The van der Waals surface area contributed by atoms with Crippen molar-refractivity contribution in [3.63, 3.8) is 0 Å². The van der Waals surface area contributed by atoms with Gasteiger partial charge in [0.05, 0.1) is 13.7 Å². The Morgan fingerprint density at radius 2 is 1.80 bits per heavy atom. The SMILES string of the molecule is COc1ccc(C(=O)NC23CCCCC2CN(CCNc2ccc(OCC(C)C)cc2)C3=O)cc1. The maximum atomic E-state index is 13.6. The summed E-state index contributed by atoms with van der Waals surface area (Å²) in [5, 5.41) is 6.56. The van der Waals surface area contributed by atoms with Crippen LogP contribution in [-0.2, 0) is 4.79 Å². The second kappa shape index (κ2) is 11.0. The summed E-state index contributed by atoms with van der Waals surface area (Å²) in [4.78, 5) is 28.6. The van der Waals surface area contributed by atoms with Crippen LogP contribution < -0.4 is 20.1 Å². The number of amides is 2. The standard InChI is InChI=1S/C28H37N3O4/c1-20(2)19-35-25-13-9-23(10-14-25)29-16-17-31-18-22-6-4-5-15-28(22,27(31)33)30-26(32)21-7-11-24(34-3)12-8-21/h7-14,20,22,29H,4-6,15-19H2,1-3H3,(H,30,32). The highest BCUT2D eigenvalue weighted by Gasteiger charge is 2.55. The Bertz CT molecular complexity index is 1010. The van der Waals surface area contributed by atoms with E-state index in [-0.39, 0.29) is 17.7 Å². The number of nitrogens with one attached hydrogen (secondary N) is 2. The quantitative estimate of drug-likeness (QED) is 0.530. The van der Waals surface area contributed by atoms with Crippen molar-refractivity contribution in [3.05, 3.63) is 54.1 Å². The zero-order valence-electron chi connectivity index (χ0n) is 21.0. The van der Waals surface area contributed by atoms with Gasteiger partial charge in [0.15, 0.2) is 0 Å². The van der Waals surface area contributed by atoms with Gasteiger partial charge in [-0.05, 0) is 67.3 Å². The second-order valence-corrected chi connectivity index (χ2v) is 10.0. The lowest BCUT2D eigenvalue weighted by Gasteiger charge is -2.37. The van der Waals surface area contributed by atoms with Crippen LogP contribution in [0.15, 0.2) is 48.5 Å². The smallest absolute Gasteiger partial charge is 0.252 e. The number of carbonyl (C=O) groups is 2. The minimum absolute atomic E-state index is 0.0447. The normalized spacial score (nSPS) is 21.5. The van der Waals surface area contributed by atoms with E-state index in [4.69, 9.17) is 9.47 Å². The predicted octanol–water partition coefficient (Wildman–Crippen LogP) is 4.34. The van der Waals surface area contributed by atoms with Gasteiger partial charge >= 0.3 is 0 Å². The lowest BCUT2D eigenvalue weighted by Crippen LogP contribution is -2.58.